The lowest BCUT2D eigenvalue weighted by Gasteiger charge is -2.14. The highest BCUT2D eigenvalue weighted by atomic mass is 19.1. The highest BCUT2D eigenvalue weighted by molar-refractivity contribution is 5.85. The first-order valence-corrected chi connectivity index (χ1v) is 16.6. The summed E-state index contributed by atoms with van der Waals surface area (Å²) in [5.41, 5.74) is 9.94. The Morgan fingerprint density at radius 1 is 1.06 bits per heavy atom. The number of halogens is 1. The van der Waals surface area contributed by atoms with Crippen molar-refractivity contribution < 1.29 is 4.39 Å². The molecule has 49 heavy (non-hydrogen) atoms. The molecule has 4 rings (SSSR count). The Hall–Kier alpha value is -5.24. The monoisotopic (exact) mass is 656 g/mol. The van der Waals surface area contributed by atoms with E-state index in [1.807, 2.05) is 77.4 Å². The second-order valence-electron chi connectivity index (χ2n) is 12.1. The Kier molecular flexibility index (Phi) is 13.3. The van der Waals surface area contributed by atoms with Gasteiger partial charge in [0.15, 0.2) is 0 Å². The Balaban J connectivity index is 1.65. The molecule has 0 amide bonds. The summed E-state index contributed by atoms with van der Waals surface area (Å²) in [6.07, 6.45) is 13.8. The summed E-state index contributed by atoms with van der Waals surface area (Å²) in [5.74, 6) is -0.306. The first kappa shape index (κ1) is 36.6. The van der Waals surface area contributed by atoms with Crippen LogP contribution in [0.5, 0.6) is 0 Å². The van der Waals surface area contributed by atoms with Gasteiger partial charge in [0.2, 0.25) is 0 Å². The molecule has 0 unspecified atom stereocenters. The highest BCUT2D eigenvalue weighted by Crippen LogP contribution is 2.31. The highest BCUT2D eigenvalue weighted by Gasteiger charge is 2.16. The fraction of sp³-hybridized carbons (Fsp3) is 0.214. The molecule has 2 aromatic carbocycles. The summed E-state index contributed by atoms with van der Waals surface area (Å²) in [6.45, 7) is 21.4. The fourth-order valence-electron chi connectivity index (χ4n) is 5.58. The number of hydrogen-bond acceptors (Lipinski definition) is 4. The molecule has 2 heterocycles. The Morgan fingerprint density at radius 2 is 1.84 bits per heavy atom. The number of nitrogens with one attached hydrogen (secondary N) is 4. The van der Waals surface area contributed by atoms with Crippen LogP contribution in [0.2, 0.25) is 0 Å². The van der Waals surface area contributed by atoms with Crippen LogP contribution >= 0.6 is 0 Å². The van der Waals surface area contributed by atoms with Crippen LogP contribution in [0.4, 0.5) is 10.1 Å². The van der Waals surface area contributed by atoms with E-state index in [4.69, 9.17) is 5.10 Å². The molecule has 2 aromatic heterocycles. The molecule has 0 atom stereocenters. The summed E-state index contributed by atoms with van der Waals surface area (Å²) >= 11 is 0. The van der Waals surface area contributed by atoms with Gasteiger partial charge >= 0.3 is 0 Å². The van der Waals surface area contributed by atoms with Crippen molar-refractivity contribution in [2.45, 2.75) is 27.3 Å². The molecule has 0 radical (unpaired) electrons. The Morgan fingerprint density at radius 3 is 2.51 bits per heavy atom. The molecular formula is C42H49FN6. The van der Waals surface area contributed by atoms with Crippen molar-refractivity contribution in [3.05, 3.63) is 160 Å². The van der Waals surface area contributed by atoms with Crippen LogP contribution in [0.3, 0.4) is 0 Å². The fourth-order valence-corrected chi connectivity index (χ4v) is 5.58. The number of hydrogen-bond donors (Lipinski definition) is 4. The number of allylic oxidation sites excluding steroid dienone is 6. The van der Waals surface area contributed by atoms with E-state index in [1.165, 1.54) is 11.6 Å². The van der Waals surface area contributed by atoms with Gasteiger partial charge in [-0.1, -0.05) is 86.5 Å². The number of aromatic amines is 2. The predicted octanol–water partition coefficient (Wildman–Crippen LogP) is 7.43. The lowest BCUT2D eigenvalue weighted by Crippen LogP contribution is -2.23. The zero-order valence-electron chi connectivity index (χ0n) is 29.5. The zero-order chi connectivity index (χ0) is 35.3. The third-order valence-electron chi connectivity index (χ3n) is 8.17. The maximum Gasteiger partial charge on any atom is 0.125 e. The van der Waals surface area contributed by atoms with Crippen LogP contribution < -0.4 is 21.2 Å². The molecular weight excluding hydrogens is 608 g/mol. The third kappa shape index (κ3) is 9.89. The lowest BCUT2D eigenvalue weighted by atomic mass is 9.96. The summed E-state index contributed by atoms with van der Waals surface area (Å²) < 4.78 is 14.9. The Bertz CT molecular complexity index is 1990. The SMILES string of the molecule is C=C/C=C(/c1cc(F)cc(NCCN(C)C)c1)c1cc(-c2n[nH]c(=C/C)/c2=C\C(=C)C(/C=C(\C=C)CNCc2ccccc2)=C/C)[nH]c1C. The topological polar surface area (TPSA) is 71.8 Å². The molecule has 0 aliphatic rings. The number of rotatable bonds is 16. The number of H-pyrrole nitrogens is 2. The van der Waals surface area contributed by atoms with Gasteiger partial charge in [0, 0.05) is 48.3 Å². The van der Waals surface area contributed by atoms with E-state index in [1.54, 1.807) is 12.1 Å². The molecule has 0 aliphatic heterocycles. The zero-order valence-corrected chi connectivity index (χ0v) is 29.5. The summed E-state index contributed by atoms with van der Waals surface area (Å²) in [5, 5.41) is 16.6. The number of benzene rings is 2. The number of anilines is 1. The molecule has 7 heteroatoms. The quantitative estimate of drug-likeness (QED) is 0.0948. The molecule has 0 saturated heterocycles. The van der Waals surface area contributed by atoms with Crippen molar-refractivity contribution >= 4 is 23.4 Å². The van der Waals surface area contributed by atoms with E-state index in [0.717, 1.165) is 79.8 Å². The molecule has 6 nitrogen and oxygen atoms in total. The van der Waals surface area contributed by atoms with Gasteiger partial charge in [-0.25, -0.2) is 4.39 Å². The normalized spacial score (nSPS) is 13.3. The number of aryl methyl sites for hydroxylation is 1. The van der Waals surface area contributed by atoms with Gasteiger partial charge in [-0.3, -0.25) is 5.10 Å². The first-order valence-electron chi connectivity index (χ1n) is 16.6. The second kappa shape index (κ2) is 17.8. The maximum atomic E-state index is 14.9. The van der Waals surface area contributed by atoms with E-state index in [-0.39, 0.29) is 5.82 Å². The minimum absolute atomic E-state index is 0.306. The van der Waals surface area contributed by atoms with Crippen LogP contribution in [0.15, 0.2) is 121 Å². The molecule has 0 aliphatic carbocycles. The van der Waals surface area contributed by atoms with E-state index >= 15 is 0 Å². The largest absolute Gasteiger partial charge is 0.384 e. The number of aromatic nitrogens is 3. The van der Waals surface area contributed by atoms with Gasteiger partial charge in [0.1, 0.15) is 11.5 Å². The van der Waals surface area contributed by atoms with Gasteiger partial charge in [-0.2, -0.15) is 5.10 Å². The van der Waals surface area contributed by atoms with E-state index in [9.17, 15) is 4.39 Å². The van der Waals surface area contributed by atoms with Crippen LogP contribution in [-0.4, -0.2) is 53.8 Å². The summed E-state index contributed by atoms with van der Waals surface area (Å²) in [6, 6.07) is 17.4. The smallest absolute Gasteiger partial charge is 0.125 e. The van der Waals surface area contributed by atoms with Crippen molar-refractivity contribution in [3.63, 3.8) is 0 Å². The van der Waals surface area contributed by atoms with Gasteiger partial charge in [-0.15, -0.1) is 0 Å². The predicted molar refractivity (Wildman–Crippen MR) is 207 cm³/mol. The third-order valence-corrected chi connectivity index (χ3v) is 8.17. The maximum absolute atomic E-state index is 14.9. The van der Waals surface area contributed by atoms with E-state index < -0.39 is 0 Å². The average Bonchev–Trinajstić information content (AvgIpc) is 3.67. The molecule has 254 valence electrons. The van der Waals surface area contributed by atoms with Crippen LogP contribution in [0, 0.1) is 12.7 Å². The lowest BCUT2D eigenvalue weighted by molar-refractivity contribution is 0.425. The van der Waals surface area contributed by atoms with Crippen LogP contribution in [-0.2, 0) is 6.54 Å². The molecule has 0 fully saturated rings. The summed E-state index contributed by atoms with van der Waals surface area (Å²) in [7, 11) is 4.02. The molecule has 4 aromatic rings. The van der Waals surface area contributed by atoms with E-state index in [0.29, 0.717) is 13.1 Å². The molecule has 0 saturated carbocycles. The Labute approximate surface area is 290 Å². The van der Waals surface area contributed by atoms with Crippen molar-refractivity contribution in [2.24, 2.45) is 0 Å². The van der Waals surface area contributed by atoms with Crippen molar-refractivity contribution in [1.82, 2.24) is 25.4 Å². The van der Waals surface area contributed by atoms with Crippen molar-refractivity contribution in [2.75, 3.05) is 39.0 Å². The van der Waals surface area contributed by atoms with Crippen LogP contribution in [0.25, 0.3) is 29.1 Å². The second-order valence-corrected chi connectivity index (χ2v) is 12.1. The van der Waals surface area contributed by atoms with Gasteiger partial charge in [-0.05, 0) is 98.6 Å². The van der Waals surface area contributed by atoms with Crippen molar-refractivity contribution in [1.29, 1.82) is 0 Å². The van der Waals surface area contributed by atoms with E-state index in [2.05, 4.69) is 81.8 Å². The van der Waals surface area contributed by atoms with Gasteiger partial charge in [0.25, 0.3) is 0 Å². The van der Waals surface area contributed by atoms with Gasteiger partial charge in [0.05, 0.1) is 11.0 Å². The van der Waals surface area contributed by atoms with Gasteiger partial charge < -0.3 is 20.5 Å². The molecule has 4 N–H and O–H groups in total. The summed E-state index contributed by atoms with van der Waals surface area (Å²) in [4.78, 5) is 5.62. The minimum Gasteiger partial charge on any atom is -0.384 e. The average molecular weight is 657 g/mol. The number of nitrogens with zero attached hydrogens (tertiary/aromatic N) is 2. The van der Waals surface area contributed by atoms with Crippen LogP contribution in [0.1, 0.15) is 36.2 Å². The standard InChI is InChI=1S/C42H49FN6/c1-9-16-37(34-23-35(43)25-36(24-34)45-19-20-49(7)8)38-26-41(46-30(38)6)42-39(40(12-4)47-48-42)21-29(5)33(11-3)22-31(10-2)27-44-28-32-17-14-13-15-18-32/h9-18,21-26,44-47H,1-2,5,19-20,27-28H2,3-4,6-8H3/b31-22+,33-11+,37-16-,39-21+,40-12+. The first-order chi connectivity index (χ1) is 23.7. The number of likely N-dealkylation sites (N-methyl/N-ethyl adjacent to an activating group) is 1. The van der Waals surface area contributed by atoms with Crippen molar-refractivity contribution in [3.8, 4) is 11.4 Å². The molecule has 0 bridgehead atoms. The molecule has 0 spiro atoms. The minimum atomic E-state index is -0.306.